The summed E-state index contributed by atoms with van der Waals surface area (Å²) in [5, 5.41) is 4.33. The smallest absolute Gasteiger partial charge is 0.219 e. The van der Waals surface area contributed by atoms with Crippen molar-refractivity contribution in [1.29, 1.82) is 0 Å². The van der Waals surface area contributed by atoms with Crippen LogP contribution < -0.4 is 10.1 Å². The molecule has 0 aliphatic rings. The maximum absolute atomic E-state index is 6.12. The summed E-state index contributed by atoms with van der Waals surface area (Å²) in [6.45, 7) is 5.07. The molecule has 0 bridgehead atoms. The number of nitrogens with zero attached hydrogens (tertiary/aromatic N) is 1. The number of rotatable bonds is 5. The summed E-state index contributed by atoms with van der Waals surface area (Å²) < 4.78 is 6.40. The fourth-order valence-corrected chi connectivity index (χ4v) is 2.66. The second kappa shape index (κ2) is 7.45. The van der Waals surface area contributed by atoms with Crippen LogP contribution >= 0.6 is 39.1 Å². The van der Waals surface area contributed by atoms with Crippen LogP contribution in [0.2, 0.25) is 10.0 Å². The Morgan fingerprint density at radius 3 is 2.67 bits per heavy atom. The van der Waals surface area contributed by atoms with Gasteiger partial charge >= 0.3 is 0 Å². The number of aromatic nitrogens is 1. The van der Waals surface area contributed by atoms with Gasteiger partial charge in [0, 0.05) is 28.8 Å². The van der Waals surface area contributed by atoms with Gasteiger partial charge < -0.3 is 10.1 Å². The quantitative estimate of drug-likeness (QED) is 0.674. The van der Waals surface area contributed by atoms with Crippen molar-refractivity contribution < 1.29 is 4.74 Å². The second-order valence-corrected chi connectivity index (χ2v) is 6.18. The van der Waals surface area contributed by atoms with E-state index < -0.39 is 0 Å². The standard InChI is InChI=1S/C15H15BrCl2N2O/c1-3-19-9(2)10-4-5-15(20-8-10)21-14-7-12(17)11(16)6-13(14)18/h4-9,19H,3H2,1-2H3. The summed E-state index contributed by atoms with van der Waals surface area (Å²) in [6.07, 6.45) is 1.79. The summed E-state index contributed by atoms with van der Waals surface area (Å²) >= 11 is 15.5. The van der Waals surface area contributed by atoms with Crippen molar-refractivity contribution >= 4 is 39.1 Å². The predicted octanol–water partition coefficient (Wildman–Crippen LogP) is 5.61. The Hall–Kier alpha value is -0.810. The maximum Gasteiger partial charge on any atom is 0.219 e. The molecule has 21 heavy (non-hydrogen) atoms. The zero-order valence-corrected chi connectivity index (χ0v) is 14.8. The maximum atomic E-state index is 6.12. The van der Waals surface area contributed by atoms with Gasteiger partial charge in [0.05, 0.1) is 10.0 Å². The molecule has 0 spiro atoms. The molecule has 6 heteroatoms. The lowest BCUT2D eigenvalue weighted by Gasteiger charge is -2.13. The molecule has 2 aromatic rings. The van der Waals surface area contributed by atoms with Crippen LogP contribution in [0, 0.1) is 0 Å². The third-order valence-corrected chi connectivity index (χ3v) is 4.45. The minimum atomic E-state index is 0.252. The van der Waals surface area contributed by atoms with Crippen LogP contribution in [-0.2, 0) is 0 Å². The van der Waals surface area contributed by atoms with Gasteiger partial charge in [0.15, 0.2) is 0 Å². The number of benzene rings is 1. The highest BCUT2D eigenvalue weighted by molar-refractivity contribution is 9.10. The largest absolute Gasteiger partial charge is 0.437 e. The van der Waals surface area contributed by atoms with Gasteiger partial charge in [0.25, 0.3) is 0 Å². The molecule has 1 heterocycles. The zero-order valence-electron chi connectivity index (χ0n) is 11.7. The van der Waals surface area contributed by atoms with E-state index in [0.29, 0.717) is 21.7 Å². The SMILES string of the molecule is CCNC(C)c1ccc(Oc2cc(Cl)c(Br)cc2Cl)nc1. The molecule has 112 valence electrons. The van der Waals surface area contributed by atoms with E-state index in [4.69, 9.17) is 27.9 Å². The van der Waals surface area contributed by atoms with Crippen molar-refractivity contribution in [2.24, 2.45) is 0 Å². The van der Waals surface area contributed by atoms with Gasteiger partial charge in [-0.15, -0.1) is 0 Å². The van der Waals surface area contributed by atoms with E-state index in [2.05, 4.69) is 40.1 Å². The highest BCUT2D eigenvalue weighted by Crippen LogP contribution is 2.36. The fourth-order valence-electron chi connectivity index (χ4n) is 1.83. The van der Waals surface area contributed by atoms with Crippen LogP contribution in [0.5, 0.6) is 11.6 Å². The first kappa shape index (κ1) is 16.6. The third-order valence-electron chi connectivity index (χ3n) is 2.96. The summed E-state index contributed by atoms with van der Waals surface area (Å²) in [5.74, 6) is 0.951. The topological polar surface area (TPSA) is 34.1 Å². The van der Waals surface area contributed by atoms with Crippen LogP contribution in [0.25, 0.3) is 0 Å². The molecule has 1 unspecified atom stereocenters. The van der Waals surface area contributed by atoms with Gasteiger partial charge in [-0.05, 0) is 41.0 Å². The molecule has 1 aromatic carbocycles. The Kier molecular flexibility index (Phi) is 5.88. The molecular formula is C15H15BrCl2N2O. The first-order chi connectivity index (χ1) is 10.0. The lowest BCUT2D eigenvalue weighted by Crippen LogP contribution is -2.17. The Morgan fingerprint density at radius 2 is 2.05 bits per heavy atom. The van der Waals surface area contributed by atoms with Crippen molar-refractivity contribution in [3.05, 3.63) is 50.5 Å². The van der Waals surface area contributed by atoms with Crippen LogP contribution in [-0.4, -0.2) is 11.5 Å². The van der Waals surface area contributed by atoms with Crippen LogP contribution in [0.3, 0.4) is 0 Å². The Balaban J connectivity index is 2.15. The number of pyridine rings is 1. The van der Waals surface area contributed by atoms with Crippen molar-refractivity contribution in [2.45, 2.75) is 19.9 Å². The van der Waals surface area contributed by atoms with E-state index in [1.54, 1.807) is 18.3 Å². The molecule has 1 N–H and O–H groups in total. The lowest BCUT2D eigenvalue weighted by atomic mass is 10.1. The van der Waals surface area contributed by atoms with E-state index in [0.717, 1.165) is 16.6 Å². The molecule has 0 amide bonds. The van der Waals surface area contributed by atoms with E-state index >= 15 is 0 Å². The van der Waals surface area contributed by atoms with Gasteiger partial charge in [0.2, 0.25) is 5.88 Å². The highest BCUT2D eigenvalue weighted by atomic mass is 79.9. The summed E-state index contributed by atoms with van der Waals surface area (Å²) in [5.41, 5.74) is 1.10. The summed E-state index contributed by atoms with van der Waals surface area (Å²) in [6, 6.07) is 7.40. The number of hydrogen-bond acceptors (Lipinski definition) is 3. The Labute approximate surface area is 142 Å². The fraction of sp³-hybridized carbons (Fsp3) is 0.267. The molecule has 2 rings (SSSR count). The van der Waals surface area contributed by atoms with E-state index in [9.17, 15) is 0 Å². The van der Waals surface area contributed by atoms with Crippen molar-refractivity contribution in [3.63, 3.8) is 0 Å². The average Bonchev–Trinajstić information content (AvgIpc) is 2.46. The summed E-state index contributed by atoms with van der Waals surface area (Å²) in [7, 11) is 0. The van der Waals surface area contributed by atoms with Crippen molar-refractivity contribution in [2.75, 3.05) is 6.54 Å². The van der Waals surface area contributed by atoms with Crippen LogP contribution in [0.4, 0.5) is 0 Å². The van der Waals surface area contributed by atoms with E-state index in [1.807, 2.05) is 12.1 Å². The minimum absolute atomic E-state index is 0.252. The van der Waals surface area contributed by atoms with E-state index in [1.165, 1.54) is 0 Å². The number of hydrogen-bond donors (Lipinski definition) is 1. The zero-order chi connectivity index (χ0) is 15.4. The normalized spacial score (nSPS) is 12.2. The predicted molar refractivity (Wildman–Crippen MR) is 90.6 cm³/mol. The molecule has 3 nitrogen and oxygen atoms in total. The molecular weight excluding hydrogens is 375 g/mol. The molecule has 0 aliphatic carbocycles. The Morgan fingerprint density at radius 1 is 1.29 bits per heavy atom. The van der Waals surface area contributed by atoms with Gasteiger partial charge in [-0.2, -0.15) is 0 Å². The number of ether oxygens (including phenoxy) is 1. The van der Waals surface area contributed by atoms with Gasteiger partial charge in [-0.25, -0.2) is 4.98 Å². The Bertz CT molecular complexity index is 620. The van der Waals surface area contributed by atoms with Gasteiger partial charge in [-0.3, -0.25) is 0 Å². The minimum Gasteiger partial charge on any atom is -0.437 e. The lowest BCUT2D eigenvalue weighted by molar-refractivity contribution is 0.461. The van der Waals surface area contributed by atoms with Gasteiger partial charge in [0.1, 0.15) is 5.75 Å². The molecule has 0 radical (unpaired) electrons. The molecule has 0 saturated heterocycles. The monoisotopic (exact) mass is 388 g/mol. The second-order valence-electron chi connectivity index (χ2n) is 4.51. The van der Waals surface area contributed by atoms with Gasteiger partial charge in [-0.1, -0.05) is 36.2 Å². The first-order valence-electron chi connectivity index (χ1n) is 6.53. The third kappa shape index (κ3) is 4.33. The molecule has 1 aromatic heterocycles. The summed E-state index contributed by atoms with van der Waals surface area (Å²) in [4.78, 5) is 4.29. The highest BCUT2D eigenvalue weighted by Gasteiger charge is 2.09. The van der Waals surface area contributed by atoms with Crippen LogP contribution in [0.1, 0.15) is 25.5 Å². The van der Waals surface area contributed by atoms with Crippen molar-refractivity contribution in [3.8, 4) is 11.6 Å². The number of halogens is 3. The molecule has 0 saturated carbocycles. The molecule has 1 atom stereocenters. The van der Waals surface area contributed by atoms with Crippen LogP contribution in [0.15, 0.2) is 34.9 Å². The molecule has 0 aliphatic heterocycles. The van der Waals surface area contributed by atoms with E-state index in [-0.39, 0.29) is 6.04 Å². The molecule has 0 fully saturated rings. The average molecular weight is 390 g/mol. The van der Waals surface area contributed by atoms with Crippen molar-refractivity contribution in [1.82, 2.24) is 10.3 Å². The number of nitrogens with one attached hydrogen (secondary N) is 1. The first-order valence-corrected chi connectivity index (χ1v) is 8.08.